The Hall–Kier alpha value is -2.65. The summed E-state index contributed by atoms with van der Waals surface area (Å²) in [5.41, 5.74) is 5.71. The molecule has 1 aliphatic heterocycles. The minimum atomic E-state index is -0.0661. The van der Waals surface area contributed by atoms with Crippen LogP contribution in [0.5, 0.6) is 0 Å². The number of amides is 1. The van der Waals surface area contributed by atoms with Crippen molar-refractivity contribution in [2.24, 2.45) is 0 Å². The van der Waals surface area contributed by atoms with Crippen molar-refractivity contribution in [3.8, 4) is 0 Å². The molecule has 4 rings (SSSR count). The Morgan fingerprint density at radius 1 is 1.28 bits per heavy atom. The Kier molecular flexibility index (Phi) is 6.26. The second-order valence-electron chi connectivity index (χ2n) is 7.30. The second-order valence-corrected chi connectivity index (χ2v) is 8.24. The molecule has 152 valence electrons. The quantitative estimate of drug-likeness (QED) is 0.568. The van der Waals surface area contributed by atoms with Gasteiger partial charge < -0.3 is 5.32 Å². The van der Waals surface area contributed by atoms with Crippen molar-refractivity contribution in [3.05, 3.63) is 57.3 Å². The minimum Gasteiger partial charge on any atom is -0.354 e. The van der Waals surface area contributed by atoms with Gasteiger partial charge in [0.15, 0.2) is 5.82 Å². The van der Waals surface area contributed by atoms with Gasteiger partial charge in [0.1, 0.15) is 6.54 Å². The van der Waals surface area contributed by atoms with Gasteiger partial charge in [0.25, 0.3) is 0 Å². The van der Waals surface area contributed by atoms with Crippen LogP contribution in [0.1, 0.15) is 33.9 Å². The lowest BCUT2D eigenvalue weighted by Crippen LogP contribution is -2.33. The fourth-order valence-corrected chi connectivity index (χ4v) is 4.41. The summed E-state index contributed by atoms with van der Waals surface area (Å²) in [5, 5.41) is 14.9. The van der Waals surface area contributed by atoms with E-state index in [-0.39, 0.29) is 12.5 Å². The molecular formula is C20H25N7OS. The van der Waals surface area contributed by atoms with Crippen molar-refractivity contribution in [2.75, 3.05) is 13.1 Å². The molecule has 8 nitrogen and oxygen atoms in total. The third-order valence-electron chi connectivity index (χ3n) is 5.22. The Labute approximate surface area is 174 Å². The topological polar surface area (TPSA) is 88.8 Å². The van der Waals surface area contributed by atoms with E-state index in [1.807, 2.05) is 12.4 Å². The maximum absolute atomic E-state index is 12.3. The molecule has 9 heteroatoms. The van der Waals surface area contributed by atoms with Crippen LogP contribution in [-0.2, 0) is 37.3 Å². The predicted octanol–water partition coefficient (Wildman–Crippen LogP) is 1.75. The number of thiazole rings is 1. The van der Waals surface area contributed by atoms with E-state index < -0.39 is 0 Å². The molecule has 0 spiro atoms. The standard InChI is InChI=1S/C20H25N7OS/c1-15-18(29-14-22-15)7-4-9-21-20(28)13-27-19(23-24-25-27)12-26-10-8-16-5-2-3-6-17(16)11-26/h2-3,5-6,14H,4,7-13H2,1H3,(H,21,28). The molecule has 0 unspecified atom stereocenters. The lowest BCUT2D eigenvalue weighted by molar-refractivity contribution is -0.121. The maximum Gasteiger partial charge on any atom is 0.241 e. The third-order valence-corrected chi connectivity index (χ3v) is 6.22. The van der Waals surface area contributed by atoms with Crippen molar-refractivity contribution in [3.63, 3.8) is 0 Å². The van der Waals surface area contributed by atoms with Gasteiger partial charge in [-0.05, 0) is 47.7 Å². The molecule has 0 bridgehead atoms. The van der Waals surface area contributed by atoms with Crippen molar-refractivity contribution in [2.45, 2.75) is 45.8 Å². The summed E-state index contributed by atoms with van der Waals surface area (Å²) in [7, 11) is 0. The first-order chi connectivity index (χ1) is 14.2. The van der Waals surface area contributed by atoms with Crippen LogP contribution in [0.3, 0.4) is 0 Å². The molecule has 0 saturated carbocycles. The average Bonchev–Trinajstić information content (AvgIpc) is 3.34. The fraction of sp³-hybridized carbons (Fsp3) is 0.450. The second kappa shape index (κ2) is 9.23. The van der Waals surface area contributed by atoms with Crippen LogP contribution >= 0.6 is 11.3 Å². The van der Waals surface area contributed by atoms with E-state index in [1.165, 1.54) is 16.0 Å². The van der Waals surface area contributed by atoms with Gasteiger partial charge in [0, 0.05) is 24.5 Å². The van der Waals surface area contributed by atoms with E-state index in [1.54, 1.807) is 16.0 Å². The van der Waals surface area contributed by atoms with Crippen LogP contribution in [0.25, 0.3) is 0 Å². The monoisotopic (exact) mass is 411 g/mol. The highest BCUT2D eigenvalue weighted by molar-refractivity contribution is 7.09. The van der Waals surface area contributed by atoms with Gasteiger partial charge >= 0.3 is 0 Å². The molecule has 2 aromatic heterocycles. The Bertz CT molecular complexity index is 967. The van der Waals surface area contributed by atoms with E-state index in [0.29, 0.717) is 13.1 Å². The molecule has 0 aliphatic carbocycles. The van der Waals surface area contributed by atoms with Crippen LogP contribution < -0.4 is 5.32 Å². The first kappa shape index (κ1) is 19.7. The predicted molar refractivity (Wildman–Crippen MR) is 110 cm³/mol. The summed E-state index contributed by atoms with van der Waals surface area (Å²) >= 11 is 1.67. The highest BCUT2D eigenvalue weighted by atomic mass is 32.1. The smallest absolute Gasteiger partial charge is 0.241 e. The number of nitrogens with one attached hydrogen (secondary N) is 1. The van der Waals surface area contributed by atoms with Gasteiger partial charge in [-0.25, -0.2) is 9.67 Å². The number of tetrazole rings is 1. The number of fused-ring (bicyclic) bond motifs is 1. The molecule has 0 radical (unpaired) electrons. The third kappa shape index (κ3) is 5.04. The van der Waals surface area contributed by atoms with Gasteiger partial charge in [-0.15, -0.1) is 16.4 Å². The fourth-order valence-electron chi connectivity index (χ4n) is 3.58. The zero-order valence-corrected chi connectivity index (χ0v) is 17.4. The van der Waals surface area contributed by atoms with Crippen molar-refractivity contribution in [1.29, 1.82) is 0 Å². The normalized spacial score (nSPS) is 14.0. The van der Waals surface area contributed by atoms with E-state index in [2.05, 4.69) is 55.0 Å². The first-order valence-electron chi connectivity index (χ1n) is 9.89. The number of hydrogen-bond donors (Lipinski definition) is 1. The van der Waals surface area contributed by atoms with E-state index >= 15 is 0 Å². The van der Waals surface area contributed by atoms with Crippen LogP contribution in [0, 0.1) is 6.92 Å². The molecular weight excluding hydrogens is 386 g/mol. The summed E-state index contributed by atoms with van der Waals surface area (Å²) in [4.78, 5) is 20.1. The molecule has 3 heterocycles. The molecule has 1 aliphatic rings. The summed E-state index contributed by atoms with van der Waals surface area (Å²) in [6, 6.07) is 8.53. The van der Waals surface area contributed by atoms with Gasteiger partial charge in [-0.3, -0.25) is 9.69 Å². The van der Waals surface area contributed by atoms with Crippen LogP contribution in [-0.4, -0.2) is 49.1 Å². The molecule has 0 atom stereocenters. The van der Waals surface area contributed by atoms with Crippen LogP contribution in [0.2, 0.25) is 0 Å². The zero-order valence-electron chi connectivity index (χ0n) is 16.5. The maximum atomic E-state index is 12.3. The highest BCUT2D eigenvalue weighted by Crippen LogP contribution is 2.19. The molecule has 0 fully saturated rings. The zero-order chi connectivity index (χ0) is 20.1. The summed E-state index contributed by atoms with van der Waals surface area (Å²) < 4.78 is 1.60. The number of carbonyl (C=O) groups excluding carboxylic acids is 1. The number of carbonyl (C=O) groups is 1. The Balaban J connectivity index is 1.25. The number of aryl methyl sites for hydroxylation is 2. The number of benzene rings is 1. The molecule has 1 aromatic carbocycles. The molecule has 29 heavy (non-hydrogen) atoms. The lowest BCUT2D eigenvalue weighted by Gasteiger charge is -2.28. The molecule has 1 N–H and O–H groups in total. The van der Waals surface area contributed by atoms with Gasteiger partial charge in [0.05, 0.1) is 17.7 Å². The van der Waals surface area contributed by atoms with E-state index in [0.717, 1.165) is 43.9 Å². The molecule has 0 saturated heterocycles. The van der Waals surface area contributed by atoms with E-state index in [4.69, 9.17) is 0 Å². The van der Waals surface area contributed by atoms with Crippen LogP contribution in [0.15, 0.2) is 29.8 Å². The van der Waals surface area contributed by atoms with E-state index in [9.17, 15) is 4.79 Å². The molecule has 1 amide bonds. The SMILES string of the molecule is Cc1ncsc1CCCNC(=O)Cn1nnnc1CN1CCc2ccccc2C1. The number of aromatic nitrogens is 5. The molecule has 3 aromatic rings. The van der Waals surface area contributed by atoms with Crippen LogP contribution in [0.4, 0.5) is 0 Å². The summed E-state index contributed by atoms with van der Waals surface area (Å²) in [5.74, 6) is 0.656. The summed E-state index contributed by atoms with van der Waals surface area (Å²) in [6.07, 6.45) is 2.85. The van der Waals surface area contributed by atoms with Crippen molar-refractivity contribution in [1.82, 2.24) is 35.4 Å². The Morgan fingerprint density at radius 3 is 2.97 bits per heavy atom. The first-order valence-corrected chi connectivity index (χ1v) is 10.8. The summed E-state index contributed by atoms with van der Waals surface area (Å²) in [6.45, 7) is 5.28. The van der Waals surface area contributed by atoms with Gasteiger partial charge in [-0.2, -0.15) is 0 Å². The number of nitrogens with zero attached hydrogens (tertiary/aromatic N) is 6. The van der Waals surface area contributed by atoms with Gasteiger partial charge in [-0.1, -0.05) is 24.3 Å². The highest BCUT2D eigenvalue weighted by Gasteiger charge is 2.19. The van der Waals surface area contributed by atoms with Gasteiger partial charge in [0.2, 0.25) is 5.91 Å². The average molecular weight is 412 g/mol. The minimum absolute atomic E-state index is 0.0661. The number of hydrogen-bond acceptors (Lipinski definition) is 7. The number of rotatable bonds is 8. The largest absolute Gasteiger partial charge is 0.354 e. The van der Waals surface area contributed by atoms with Crippen molar-refractivity contribution < 1.29 is 4.79 Å². The van der Waals surface area contributed by atoms with Crippen molar-refractivity contribution >= 4 is 17.2 Å². The Morgan fingerprint density at radius 2 is 2.14 bits per heavy atom. The lowest BCUT2D eigenvalue weighted by atomic mass is 10.00.